The average molecular weight is 423 g/mol. The molecule has 2 heterocycles. The predicted molar refractivity (Wildman–Crippen MR) is 118 cm³/mol. The molecule has 4 rings (SSSR count). The number of carbonyl (C=O) groups excluding carboxylic acids is 2. The van der Waals surface area contributed by atoms with Crippen LogP contribution in [0, 0.1) is 0 Å². The Balaban J connectivity index is 1.86. The smallest absolute Gasteiger partial charge is 0.269 e. The van der Waals surface area contributed by atoms with E-state index in [1.54, 1.807) is 41.3 Å². The minimum Gasteiger partial charge on any atom is -0.375 e. The molecule has 1 atom stereocenters. The molecule has 4 N–H and O–H groups in total. The topological polar surface area (TPSA) is 109 Å². The lowest BCUT2D eigenvalue weighted by Crippen LogP contribution is -2.43. The van der Waals surface area contributed by atoms with E-state index >= 15 is 0 Å². The average Bonchev–Trinajstić information content (AvgIpc) is 3.19. The van der Waals surface area contributed by atoms with Crippen LogP contribution in [0.25, 0.3) is 11.3 Å². The van der Waals surface area contributed by atoms with Crippen LogP contribution in [0.3, 0.4) is 0 Å². The maximum Gasteiger partial charge on any atom is 0.269 e. The third-order valence-electron chi connectivity index (χ3n) is 5.05. The summed E-state index contributed by atoms with van der Waals surface area (Å²) in [6.07, 6.45) is 0. The largest absolute Gasteiger partial charge is 0.375 e. The maximum absolute atomic E-state index is 13.5. The minimum atomic E-state index is -1.87. The Bertz CT molecular complexity index is 1140. The van der Waals surface area contributed by atoms with Crippen LogP contribution in [0.2, 0.25) is 0 Å². The van der Waals surface area contributed by atoms with Crippen LogP contribution in [-0.2, 0) is 15.2 Å². The molecule has 7 nitrogen and oxygen atoms in total. The fourth-order valence-corrected chi connectivity index (χ4v) is 4.76. The van der Waals surface area contributed by atoms with Crippen LogP contribution in [0.5, 0.6) is 0 Å². The molecule has 1 aromatic heterocycles. The molecule has 0 radical (unpaired) electrons. The number of rotatable bonds is 4. The monoisotopic (exact) mass is 422 g/mol. The normalized spacial score (nSPS) is 18.0. The van der Waals surface area contributed by atoms with Gasteiger partial charge in [-0.3, -0.25) is 9.59 Å². The van der Waals surface area contributed by atoms with Crippen molar-refractivity contribution >= 4 is 39.7 Å². The summed E-state index contributed by atoms with van der Waals surface area (Å²) in [6, 6.07) is 14.1. The van der Waals surface area contributed by atoms with Gasteiger partial charge in [0.1, 0.15) is 0 Å². The Kier molecular flexibility index (Phi) is 4.83. The van der Waals surface area contributed by atoms with Crippen LogP contribution < -0.4 is 16.0 Å². The summed E-state index contributed by atoms with van der Waals surface area (Å²) in [4.78, 5) is 31.1. The van der Waals surface area contributed by atoms with Crippen LogP contribution in [0.1, 0.15) is 31.2 Å². The maximum atomic E-state index is 13.5. The number of aliphatic hydroxyl groups is 1. The third-order valence-corrected chi connectivity index (χ3v) is 6.04. The van der Waals surface area contributed by atoms with Gasteiger partial charge in [-0.25, -0.2) is 4.98 Å². The van der Waals surface area contributed by atoms with E-state index in [0.717, 1.165) is 11.3 Å². The fourth-order valence-electron chi connectivity index (χ4n) is 3.81. The summed E-state index contributed by atoms with van der Waals surface area (Å²) in [5.74, 6) is -0.587. The summed E-state index contributed by atoms with van der Waals surface area (Å²) in [6.45, 7) is 5.25. The van der Waals surface area contributed by atoms with E-state index in [0.29, 0.717) is 33.1 Å². The molecule has 2 aromatic carbocycles. The first-order valence-corrected chi connectivity index (χ1v) is 10.4. The number of amides is 2. The number of nitrogens with one attached hydrogen (secondary N) is 1. The zero-order valence-electron chi connectivity index (χ0n) is 16.8. The Morgan fingerprint density at radius 3 is 2.50 bits per heavy atom. The molecule has 3 aromatic rings. The molecule has 0 spiro atoms. The van der Waals surface area contributed by atoms with E-state index in [9.17, 15) is 14.7 Å². The molecule has 0 fully saturated rings. The molecule has 8 heteroatoms. The molecular formula is C22H22N4O3S. The number of fused-ring (bicyclic) bond motifs is 1. The van der Waals surface area contributed by atoms with Gasteiger partial charge < -0.3 is 21.1 Å². The number of aromatic nitrogens is 1. The molecular weight excluding hydrogens is 400 g/mol. The molecule has 2 amide bonds. The van der Waals surface area contributed by atoms with Crippen LogP contribution in [0.4, 0.5) is 16.5 Å². The van der Waals surface area contributed by atoms with E-state index in [1.807, 2.05) is 26.0 Å². The number of hydrogen-bond donors (Lipinski definition) is 3. The highest BCUT2D eigenvalue weighted by atomic mass is 32.1. The molecule has 0 saturated carbocycles. The lowest BCUT2D eigenvalue weighted by molar-refractivity contribution is -0.132. The quantitative estimate of drug-likeness (QED) is 0.598. The van der Waals surface area contributed by atoms with Crippen molar-refractivity contribution in [2.75, 3.05) is 16.0 Å². The molecule has 0 saturated heterocycles. The van der Waals surface area contributed by atoms with Gasteiger partial charge in [0.2, 0.25) is 11.5 Å². The summed E-state index contributed by atoms with van der Waals surface area (Å²) in [7, 11) is 0. The lowest BCUT2D eigenvalue weighted by Gasteiger charge is -2.25. The molecule has 1 unspecified atom stereocenters. The van der Waals surface area contributed by atoms with Gasteiger partial charge >= 0.3 is 0 Å². The van der Waals surface area contributed by atoms with Gasteiger partial charge in [0.15, 0.2) is 5.13 Å². The van der Waals surface area contributed by atoms with E-state index in [4.69, 9.17) is 5.73 Å². The number of carbonyl (C=O) groups is 2. The van der Waals surface area contributed by atoms with Crippen molar-refractivity contribution in [3.05, 3.63) is 59.0 Å². The SMILES string of the molecule is CC(=O)Nc1ccc(-c2nc(N)sc2C2(O)C(=O)N(C(C)C)c3ccccc32)cc1. The Morgan fingerprint density at radius 2 is 1.87 bits per heavy atom. The second-order valence-electron chi connectivity index (χ2n) is 7.48. The number of benzene rings is 2. The number of nitrogen functional groups attached to an aromatic ring is 1. The van der Waals surface area contributed by atoms with Gasteiger partial charge in [-0.15, -0.1) is 0 Å². The van der Waals surface area contributed by atoms with E-state index in [2.05, 4.69) is 10.3 Å². The highest BCUT2D eigenvalue weighted by molar-refractivity contribution is 7.16. The predicted octanol–water partition coefficient (Wildman–Crippen LogP) is 3.34. The van der Waals surface area contributed by atoms with Crippen LogP contribution in [-0.4, -0.2) is 27.9 Å². The minimum absolute atomic E-state index is 0.127. The number of anilines is 3. The zero-order valence-corrected chi connectivity index (χ0v) is 17.7. The number of hydrogen-bond acceptors (Lipinski definition) is 6. The fraction of sp³-hybridized carbons (Fsp3) is 0.227. The molecule has 1 aliphatic heterocycles. The molecule has 154 valence electrons. The zero-order chi connectivity index (χ0) is 21.6. The highest BCUT2D eigenvalue weighted by Gasteiger charge is 2.54. The van der Waals surface area contributed by atoms with E-state index in [-0.39, 0.29) is 17.1 Å². The van der Waals surface area contributed by atoms with Gasteiger partial charge in [0.25, 0.3) is 5.91 Å². The standard InChI is InChI=1S/C22H22N4O3S/c1-12(2)26-17-7-5-4-6-16(17)22(29,20(26)28)19-18(25-21(23)30-19)14-8-10-15(11-9-14)24-13(3)27/h4-12,29H,1-3H3,(H2,23,25)(H,24,27). The summed E-state index contributed by atoms with van der Waals surface area (Å²) in [5.41, 5.74) is 7.11. The first-order valence-electron chi connectivity index (χ1n) is 9.53. The van der Waals surface area contributed by atoms with E-state index < -0.39 is 11.5 Å². The summed E-state index contributed by atoms with van der Waals surface area (Å²) < 4.78 is 0. The molecule has 1 aliphatic rings. The van der Waals surface area contributed by atoms with Crippen molar-refractivity contribution in [2.45, 2.75) is 32.4 Å². The van der Waals surface area contributed by atoms with Gasteiger partial charge in [0.05, 0.1) is 16.3 Å². The van der Waals surface area contributed by atoms with Crippen molar-refractivity contribution < 1.29 is 14.7 Å². The van der Waals surface area contributed by atoms with E-state index in [1.165, 1.54) is 6.92 Å². The van der Waals surface area contributed by atoms with Crippen molar-refractivity contribution in [3.63, 3.8) is 0 Å². The number of nitrogens with two attached hydrogens (primary N) is 1. The molecule has 0 bridgehead atoms. The Hall–Kier alpha value is -3.23. The van der Waals surface area contributed by atoms with Gasteiger partial charge in [-0.05, 0) is 32.0 Å². The van der Waals surface area contributed by atoms with Crippen molar-refractivity contribution in [1.82, 2.24) is 4.98 Å². The van der Waals surface area contributed by atoms with Crippen molar-refractivity contribution in [2.24, 2.45) is 0 Å². The Morgan fingerprint density at radius 1 is 1.20 bits per heavy atom. The van der Waals surface area contributed by atoms with Crippen molar-refractivity contribution in [3.8, 4) is 11.3 Å². The summed E-state index contributed by atoms with van der Waals surface area (Å²) >= 11 is 1.10. The molecule has 0 aliphatic carbocycles. The Labute approximate surface area is 178 Å². The second-order valence-corrected chi connectivity index (χ2v) is 8.52. The van der Waals surface area contributed by atoms with Gasteiger partial charge in [0, 0.05) is 29.8 Å². The second kappa shape index (κ2) is 7.23. The van der Waals surface area contributed by atoms with Crippen molar-refractivity contribution in [1.29, 1.82) is 0 Å². The lowest BCUT2D eigenvalue weighted by atomic mass is 9.91. The van der Waals surface area contributed by atoms with Gasteiger partial charge in [-0.2, -0.15) is 0 Å². The highest BCUT2D eigenvalue weighted by Crippen LogP contribution is 2.50. The first kappa shape index (κ1) is 20.1. The number of nitrogens with zero attached hydrogens (tertiary/aromatic N) is 2. The third kappa shape index (κ3) is 3.05. The van der Waals surface area contributed by atoms with Crippen LogP contribution >= 0.6 is 11.3 Å². The molecule has 30 heavy (non-hydrogen) atoms. The number of thiazole rings is 1. The van der Waals surface area contributed by atoms with Gasteiger partial charge in [-0.1, -0.05) is 41.7 Å². The first-order chi connectivity index (χ1) is 14.2. The van der Waals surface area contributed by atoms with Crippen LogP contribution in [0.15, 0.2) is 48.5 Å². The summed E-state index contributed by atoms with van der Waals surface area (Å²) in [5, 5.41) is 14.8. The number of para-hydroxylation sites is 1.